The maximum absolute atomic E-state index is 12.9. The molecule has 1 heterocycles. The van der Waals surface area contributed by atoms with Gasteiger partial charge in [0.25, 0.3) is 6.30 Å². The fourth-order valence-electron chi connectivity index (χ4n) is 1.23. The van der Waals surface area contributed by atoms with Crippen LogP contribution in [0.4, 0.5) is 9.18 Å². The average molecular weight is 190 g/mol. The van der Waals surface area contributed by atoms with Crippen molar-refractivity contribution in [1.29, 1.82) is 0 Å². The van der Waals surface area contributed by atoms with Crippen molar-refractivity contribution in [3.63, 3.8) is 0 Å². The van der Waals surface area contributed by atoms with Gasteiger partial charge in [0.2, 0.25) is 0 Å². The van der Waals surface area contributed by atoms with E-state index in [0.717, 1.165) is 0 Å². The van der Waals surface area contributed by atoms with E-state index in [1.165, 1.54) is 11.9 Å². The maximum atomic E-state index is 12.9. The standard InChI is InChI=1S/C7H11FN2O3/c1-9-3-2-4-10(7(9)13)5(8)6(11)12/h5H,2-4H2,1H3,(H,11,12). The van der Waals surface area contributed by atoms with E-state index in [4.69, 9.17) is 5.11 Å². The zero-order valence-electron chi connectivity index (χ0n) is 7.23. The van der Waals surface area contributed by atoms with Gasteiger partial charge < -0.3 is 10.0 Å². The number of nitrogens with zero attached hydrogens (tertiary/aromatic N) is 2. The summed E-state index contributed by atoms with van der Waals surface area (Å²) in [7, 11) is 1.52. The van der Waals surface area contributed by atoms with Crippen LogP contribution in [0.2, 0.25) is 0 Å². The van der Waals surface area contributed by atoms with E-state index in [1.54, 1.807) is 0 Å². The predicted octanol–water partition coefficient (Wildman–Crippen LogP) is 0.124. The van der Waals surface area contributed by atoms with Gasteiger partial charge >= 0.3 is 12.0 Å². The number of carbonyl (C=O) groups is 2. The summed E-state index contributed by atoms with van der Waals surface area (Å²) in [6.07, 6.45) is -1.63. The third-order valence-electron chi connectivity index (χ3n) is 1.94. The molecule has 1 fully saturated rings. The Morgan fingerprint density at radius 2 is 2.23 bits per heavy atom. The molecule has 0 bridgehead atoms. The summed E-state index contributed by atoms with van der Waals surface area (Å²) in [5, 5.41) is 8.35. The summed E-state index contributed by atoms with van der Waals surface area (Å²) >= 11 is 0. The third-order valence-corrected chi connectivity index (χ3v) is 1.94. The molecule has 0 spiro atoms. The lowest BCUT2D eigenvalue weighted by molar-refractivity contribution is -0.149. The first kappa shape index (κ1) is 9.76. The second kappa shape index (κ2) is 3.59. The second-order valence-electron chi connectivity index (χ2n) is 2.93. The molecule has 0 radical (unpaired) electrons. The number of amides is 2. The van der Waals surface area contributed by atoms with Gasteiger partial charge in [-0.1, -0.05) is 0 Å². The third kappa shape index (κ3) is 1.88. The molecule has 0 aromatic heterocycles. The van der Waals surface area contributed by atoms with Crippen molar-refractivity contribution in [2.75, 3.05) is 20.1 Å². The summed E-state index contributed by atoms with van der Waals surface area (Å²) in [6, 6.07) is -0.568. The lowest BCUT2D eigenvalue weighted by Crippen LogP contribution is -2.52. The molecule has 0 saturated carbocycles. The maximum Gasteiger partial charge on any atom is 0.359 e. The van der Waals surface area contributed by atoms with Crippen LogP contribution in [0.25, 0.3) is 0 Å². The van der Waals surface area contributed by atoms with Crippen molar-refractivity contribution < 1.29 is 19.1 Å². The van der Waals surface area contributed by atoms with Crippen molar-refractivity contribution in [3.05, 3.63) is 0 Å². The van der Waals surface area contributed by atoms with Gasteiger partial charge in [0, 0.05) is 20.1 Å². The normalized spacial score (nSPS) is 20.3. The van der Waals surface area contributed by atoms with Gasteiger partial charge in [0.1, 0.15) is 0 Å². The fraction of sp³-hybridized carbons (Fsp3) is 0.714. The number of alkyl halides is 1. The van der Waals surface area contributed by atoms with E-state index in [-0.39, 0.29) is 6.54 Å². The Balaban J connectivity index is 2.68. The Bertz CT molecular complexity index is 234. The van der Waals surface area contributed by atoms with E-state index in [9.17, 15) is 14.0 Å². The van der Waals surface area contributed by atoms with Crippen LogP contribution >= 0.6 is 0 Å². The van der Waals surface area contributed by atoms with Gasteiger partial charge in [-0.05, 0) is 6.42 Å². The van der Waals surface area contributed by atoms with Crippen LogP contribution in [0, 0.1) is 0 Å². The molecule has 2 amide bonds. The van der Waals surface area contributed by atoms with Gasteiger partial charge in [0.15, 0.2) is 0 Å². The number of rotatable bonds is 2. The van der Waals surface area contributed by atoms with Crippen LogP contribution in [-0.2, 0) is 4.79 Å². The van der Waals surface area contributed by atoms with Gasteiger partial charge in [-0.15, -0.1) is 0 Å². The average Bonchev–Trinajstić information content (AvgIpc) is 2.08. The van der Waals surface area contributed by atoms with Crippen LogP contribution in [0.1, 0.15) is 6.42 Å². The molecule has 6 heteroatoms. The van der Waals surface area contributed by atoms with Crippen molar-refractivity contribution in [1.82, 2.24) is 9.80 Å². The highest BCUT2D eigenvalue weighted by Gasteiger charge is 2.33. The first-order valence-corrected chi connectivity index (χ1v) is 3.92. The highest BCUT2D eigenvalue weighted by atomic mass is 19.1. The molecule has 1 atom stereocenters. The van der Waals surface area contributed by atoms with Crippen LogP contribution in [0.15, 0.2) is 0 Å². The molecule has 1 N–H and O–H groups in total. The second-order valence-corrected chi connectivity index (χ2v) is 2.93. The Morgan fingerprint density at radius 3 is 2.77 bits per heavy atom. The van der Waals surface area contributed by atoms with Gasteiger partial charge in [-0.2, -0.15) is 0 Å². The summed E-state index contributed by atoms with van der Waals surface area (Å²) in [5.41, 5.74) is 0. The van der Waals surface area contributed by atoms with Crippen LogP contribution in [0.5, 0.6) is 0 Å². The zero-order valence-corrected chi connectivity index (χ0v) is 7.23. The monoisotopic (exact) mass is 190 g/mol. The molecular formula is C7H11FN2O3. The van der Waals surface area contributed by atoms with Crippen molar-refractivity contribution >= 4 is 12.0 Å². The number of carboxylic acids is 1. The largest absolute Gasteiger partial charge is 0.478 e. The first-order valence-electron chi connectivity index (χ1n) is 3.92. The minimum Gasteiger partial charge on any atom is -0.478 e. The highest BCUT2D eigenvalue weighted by molar-refractivity contribution is 5.81. The minimum absolute atomic E-state index is 0.163. The smallest absolute Gasteiger partial charge is 0.359 e. The quantitative estimate of drug-likeness (QED) is 0.629. The van der Waals surface area contributed by atoms with E-state index >= 15 is 0 Å². The van der Waals surface area contributed by atoms with Gasteiger partial charge in [-0.3, -0.25) is 4.90 Å². The SMILES string of the molecule is CN1CCCN(C(F)C(=O)O)C1=O. The molecule has 74 valence electrons. The number of hydrogen-bond donors (Lipinski definition) is 1. The molecule has 0 aromatic carbocycles. The lowest BCUT2D eigenvalue weighted by atomic mass is 10.3. The number of carboxylic acid groups (broad SMARTS) is 1. The molecular weight excluding hydrogens is 179 g/mol. The predicted molar refractivity (Wildman–Crippen MR) is 41.9 cm³/mol. The molecule has 1 aliphatic heterocycles. The molecule has 1 rings (SSSR count). The van der Waals surface area contributed by atoms with Crippen molar-refractivity contribution in [2.24, 2.45) is 0 Å². The lowest BCUT2D eigenvalue weighted by Gasteiger charge is -2.33. The van der Waals surface area contributed by atoms with E-state index in [2.05, 4.69) is 0 Å². The summed E-state index contributed by atoms with van der Waals surface area (Å²) in [5.74, 6) is -1.62. The summed E-state index contributed by atoms with van der Waals surface area (Å²) < 4.78 is 12.9. The van der Waals surface area contributed by atoms with Crippen LogP contribution in [-0.4, -0.2) is 53.3 Å². The number of hydrogen-bond acceptors (Lipinski definition) is 2. The Hall–Kier alpha value is -1.33. The molecule has 1 aliphatic rings. The highest BCUT2D eigenvalue weighted by Crippen LogP contribution is 2.11. The molecule has 0 aromatic rings. The Morgan fingerprint density at radius 1 is 1.62 bits per heavy atom. The van der Waals surface area contributed by atoms with E-state index in [0.29, 0.717) is 17.9 Å². The molecule has 13 heavy (non-hydrogen) atoms. The number of aliphatic carboxylic acids is 1. The molecule has 5 nitrogen and oxygen atoms in total. The minimum atomic E-state index is -2.23. The summed E-state index contributed by atoms with van der Waals surface area (Å²) in [6.45, 7) is 0.707. The molecule has 0 aliphatic carbocycles. The molecule has 1 unspecified atom stereocenters. The first-order chi connectivity index (χ1) is 6.04. The van der Waals surface area contributed by atoms with Gasteiger partial charge in [0.05, 0.1) is 0 Å². The Labute approximate surface area is 74.7 Å². The van der Waals surface area contributed by atoms with E-state index < -0.39 is 18.3 Å². The number of halogens is 1. The molecule has 1 saturated heterocycles. The Kier molecular flexibility index (Phi) is 2.69. The topological polar surface area (TPSA) is 60.9 Å². The number of carbonyl (C=O) groups excluding carboxylic acids is 1. The summed E-state index contributed by atoms with van der Waals surface area (Å²) in [4.78, 5) is 23.5. The van der Waals surface area contributed by atoms with Gasteiger partial charge in [-0.25, -0.2) is 14.0 Å². The number of urea groups is 1. The van der Waals surface area contributed by atoms with Crippen LogP contribution in [0.3, 0.4) is 0 Å². The van der Waals surface area contributed by atoms with Crippen molar-refractivity contribution in [3.8, 4) is 0 Å². The zero-order chi connectivity index (χ0) is 10.0. The van der Waals surface area contributed by atoms with Crippen molar-refractivity contribution in [2.45, 2.75) is 12.7 Å². The van der Waals surface area contributed by atoms with Crippen LogP contribution < -0.4 is 0 Å². The van der Waals surface area contributed by atoms with E-state index in [1.807, 2.05) is 0 Å². The fourth-order valence-corrected chi connectivity index (χ4v) is 1.23.